The Morgan fingerprint density at radius 2 is 1.81 bits per heavy atom. The number of alkyl halides is 4. The maximum atomic E-state index is 13.4. The molecule has 0 aliphatic heterocycles. The molecule has 10 heteroatoms. The summed E-state index contributed by atoms with van der Waals surface area (Å²) in [5, 5.41) is 3.84. The molecule has 1 heterocycles. The summed E-state index contributed by atoms with van der Waals surface area (Å²) in [5.74, 6) is 3.74. The summed E-state index contributed by atoms with van der Waals surface area (Å²) in [7, 11) is -2.08. The minimum Gasteiger partial charge on any atom is -0.490 e. The van der Waals surface area contributed by atoms with E-state index < -0.39 is 40.3 Å². The van der Waals surface area contributed by atoms with Gasteiger partial charge in [-0.1, -0.05) is 29.4 Å². The Balaban J connectivity index is 1.83. The van der Waals surface area contributed by atoms with Gasteiger partial charge in [0.25, 0.3) is 5.89 Å². The summed E-state index contributed by atoms with van der Waals surface area (Å²) in [4.78, 5) is 4.18. The van der Waals surface area contributed by atoms with Gasteiger partial charge in [0.2, 0.25) is 5.82 Å². The third kappa shape index (κ3) is 6.06. The van der Waals surface area contributed by atoms with Gasteiger partial charge >= 0.3 is 6.18 Å². The number of nitrogens with zero attached hydrogens (tertiary/aromatic N) is 2. The molecule has 0 saturated heterocycles. The SMILES string of the molecule is C=S(C)(=O)CCc1ccc(-c2noc(-c3ccc(OCCF)c(C(F)(F)F)c3)n2)cc1. The number of aromatic nitrogens is 2. The lowest BCUT2D eigenvalue weighted by molar-refractivity contribution is -0.138. The van der Waals surface area contributed by atoms with Gasteiger partial charge in [-0.15, -0.1) is 0 Å². The first-order valence-corrected chi connectivity index (χ1v) is 11.5. The van der Waals surface area contributed by atoms with Crippen LogP contribution in [-0.2, 0) is 22.1 Å². The normalized spacial score (nSPS) is 13.7. The van der Waals surface area contributed by atoms with E-state index >= 15 is 0 Å². The largest absolute Gasteiger partial charge is 0.490 e. The molecule has 0 saturated carbocycles. The number of benzene rings is 2. The van der Waals surface area contributed by atoms with Crippen molar-refractivity contribution in [2.75, 3.05) is 25.3 Å². The van der Waals surface area contributed by atoms with Crippen LogP contribution in [0.5, 0.6) is 5.75 Å². The van der Waals surface area contributed by atoms with Gasteiger partial charge in [-0.2, -0.15) is 18.2 Å². The average molecular weight is 456 g/mol. The van der Waals surface area contributed by atoms with E-state index in [1.54, 1.807) is 18.4 Å². The fourth-order valence-electron chi connectivity index (χ4n) is 2.77. The molecule has 0 aliphatic carbocycles. The van der Waals surface area contributed by atoms with Gasteiger partial charge < -0.3 is 9.26 Å². The predicted octanol–water partition coefficient (Wildman–Crippen LogP) is 4.66. The number of aryl methyl sites for hydroxylation is 1. The van der Waals surface area contributed by atoms with Crippen LogP contribution in [0.25, 0.3) is 22.8 Å². The third-order valence-corrected chi connectivity index (χ3v) is 5.40. The number of halogens is 4. The second-order valence-corrected chi connectivity index (χ2v) is 9.78. The quantitative estimate of drug-likeness (QED) is 0.364. The van der Waals surface area contributed by atoms with Gasteiger partial charge in [0.05, 0.1) is 5.56 Å². The Morgan fingerprint density at radius 1 is 1.13 bits per heavy atom. The van der Waals surface area contributed by atoms with Crippen molar-refractivity contribution >= 4 is 15.4 Å². The van der Waals surface area contributed by atoms with E-state index in [1.165, 1.54) is 6.07 Å². The molecule has 0 bridgehead atoms. The molecule has 0 spiro atoms. The Hall–Kier alpha value is -2.88. The topological polar surface area (TPSA) is 65.2 Å². The monoisotopic (exact) mass is 456 g/mol. The molecule has 0 amide bonds. The fraction of sp³-hybridized carbons (Fsp3) is 0.286. The summed E-state index contributed by atoms with van der Waals surface area (Å²) in [6, 6.07) is 10.4. The zero-order valence-electron chi connectivity index (χ0n) is 16.6. The number of hydrogen-bond acceptors (Lipinski definition) is 5. The number of rotatable bonds is 8. The lowest BCUT2D eigenvalue weighted by Crippen LogP contribution is -2.10. The van der Waals surface area contributed by atoms with Gasteiger partial charge in [-0.25, -0.2) is 4.39 Å². The predicted molar refractivity (Wildman–Crippen MR) is 111 cm³/mol. The number of hydrogen-bond donors (Lipinski definition) is 0. The molecule has 0 N–H and O–H groups in total. The van der Waals surface area contributed by atoms with E-state index in [9.17, 15) is 21.8 Å². The third-order valence-electron chi connectivity index (χ3n) is 4.33. The molecule has 0 radical (unpaired) electrons. The van der Waals surface area contributed by atoms with E-state index in [0.29, 0.717) is 17.7 Å². The molecule has 3 aromatic rings. The zero-order valence-corrected chi connectivity index (χ0v) is 17.4. The van der Waals surface area contributed by atoms with Crippen LogP contribution in [0.15, 0.2) is 47.0 Å². The van der Waals surface area contributed by atoms with Crippen molar-refractivity contribution in [3.63, 3.8) is 0 Å². The van der Waals surface area contributed by atoms with Gasteiger partial charge in [0.1, 0.15) is 19.0 Å². The molecule has 166 valence electrons. The summed E-state index contributed by atoms with van der Waals surface area (Å²) in [6.45, 7) is -1.38. The van der Waals surface area contributed by atoms with E-state index in [-0.39, 0.29) is 17.3 Å². The first-order chi connectivity index (χ1) is 14.6. The van der Waals surface area contributed by atoms with Gasteiger partial charge in [-0.05, 0) is 45.6 Å². The second kappa shape index (κ2) is 9.09. The van der Waals surface area contributed by atoms with Crippen LogP contribution in [0.4, 0.5) is 17.6 Å². The number of ether oxygens (including phenoxy) is 1. The molecule has 1 unspecified atom stereocenters. The van der Waals surface area contributed by atoms with E-state index in [2.05, 4.69) is 16.0 Å². The molecule has 0 aliphatic rings. The first-order valence-electron chi connectivity index (χ1n) is 9.20. The van der Waals surface area contributed by atoms with Crippen LogP contribution in [0.3, 0.4) is 0 Å². The molecule has 0 fully saturated rings. The Bertz CT molecular complexity index is 1140. The first kappa shape index (κ1) is 22.8. The minimum atomic E-state index is -4.70. The molecule has 5 nitrogen and oxygen atoms in total. The molecule has 2 aromatic carbocycles. The molecule has 1 atom stereocenters. The van der Waals surface area contributed by atoms with E-state index in [1.807, 2.05) is 12.1 Å². The van der Waals surface area contributed by atoms with Crippen molar-refractivity contribution in [1.29, 1.82) is 0 Å². The summed E-state index contributed by atoms with van der Waals surface area (Å²) < 4.78 is 74.0. The average Bonchev–Trinajstić information content (AvgIpc) is 3.20. The van der Waals surface area contributed by atoms with Crippen molar-refractivity contribution < 1.29 is 31.0 Å². The van der Waals surface area contributed by atoms with E-state index in [0.717, 1.165) is 17.7 Å². The van der Waals surface area contributed by atoms with Gasteiger partial charge in [-0.3, -0.25) is 4.21 Å². The lowest BCUT2D eigenvalue weighted by Gasteiger charge is -2.13. The van der Waals surface area contributed by atoms with Crippen molar-refractivity contribution in [3.8, 4) is 28.6 Å². The zero-order chi connectivity index (χ0) is 22.6. The maximum Gasteiger partial charge on any atom is 0.419 e. The summed E-state index contributed by atoms with van der Waals surface area (Å²) >= 11 is 0. The minimum absolute atomic E-state index is 0.0587. The maximum absolute atomic E-state index is 13.4. The molecule has 1 aromatic heterocycles. The van der Waals surface area contributed by atoms with Crippen LogP contribution in [0.2, 0.25) is 0 Å². The van der Waals surface area contributed by atoms with Crippen LogP contribution in [0.1, 0.15) is 11.1 Å². The van der Waals surface area contributed by atoms with Gasteiger partial charge in [0, 0.05) is 23.1 Å². The molecular weight excluding hydrogens is 436 g/mol. The van der Waals surface area contributed by atoms with Crippen LogP contribution in [0, 0.1) is 0 Å². The Labute approximate surface area is 177 Å². The lowest BCUT2D eigenvalue weighted by atomic mass is 10.1. The van der Waals surface area contributed by atoms with Crippen molar-refractivity contribution in [3.05, 3.63) is 53.6 Å². The molecule has 31 heavy (non-hydrogen) atoms. The Morgan fingerprint density at radius 3 is 2.42 bits per heavy atom. The summed E-state index contributed by atoms with van der Waals surface area (Å²) in [5.41, 5.74) is 0.581. The van der Waals surface area contributed by atoms with Crippen molar-refractivity contribution in [2.24, 2.45) is 0 Å². The Kier molecular flexibility index (Phi) is 6.68. The van der Waals surface area contributed by atoms with Crippen LogP contribution >= 0.6 is 0 Å². The highest BCUT2D eigenvalue weighted by Crippen LogP contribution is 2.38. The highest BCUT2D eigenvalue weighted by atomic mass is 32.2. The highest BCUT2D eigenvalue weighted by Gasteiger charge is 2.35. The van der Waals surface area contributed by atoms with Crippen LogP contribution in [-0.4, -0.2) is 45.5 Å². The smallest absolute Gasteiger partial charge is 0.419 e. The highest BCUT2D eigenvalue weighted by molar-refractivity contribution is 7.99. The van der Waals surface area contributed by atoms with Crippen molar-refractivity contribution in [2.45, 2.75) is 12.6 Å². The summed E-state index contributed by atoms with van der Waals surface area (Å²) in [6.07, 6.45) is -2.49. The van der Waals surface area contributed by atoms with Crippen LogP contribution < -0.4 is 4.74 Å². The second-order valence-electron chi connectivity index (χ2n) is 7.00. The fourth-order valence-corrected chi connectivity index (χ4v) is 3.44. The molecular formula is C21H20F4N2O3S. The van der Waals surface area contributed by atoms with Gasteiger partial charge in [0.15, 0.2) is 0 Å². The van der Waals surface area contributed by atoms with Crippen molar-refractivity contribution in [1.82, 2.24) is 10.1 Å². The standard InChI is InChI=1S/C21H20F4N2O3S/c1-31(2,28)12-9-14-3-5-15(6-4-14)19-26-20(30-27-19)16-7-8-18(29-11-10-22)17(13-16)21(23,24)25/h3-8,13H,1,9-12H2,2H3. The molecule has 3 rings (SSSR count). The van der Waals surface area contributed by atoms with E-state index in [4.69, 9.17) is 9.26 Å².